The Labute approximate surface area is 240 Å². The Morgan fingerprint density at radius 3 is 2.49 bits per heavy atom. The van der Waals surface area contributed by atoms with Gasteiger partial charge >= 0.3 is 11.1 Å². The van der Waals surface area contributed by atoms with Crippen LogP contribution in [0.2, 0.25) is 5.02 Å². The van der Waals surface area contributed by atoms with Crippen LogP contribution in [0.4, 0.5) is 26.2 Å². The van der Waals surface area contributed by atoms with E-state index in [2.05, 4.69) is 25.5 Å². The van der Waals surface area contributed by atoms with Gasteiger partial charge in [-0.2, -0.15) is 4.98 Å². The summed E-state index contributed by atoms with van der Waals surface area (Å²) in [7, 11) is 3.54. The molecule has 2 aliphatic rings. The molecule has 0 aliphatic carbocycles. The number of nitrogens with one attached hydrogen (secondary N) is 2. The van der Waals surface area contributed by atoms with Crippen molar-refractivity contribution < 1.29 is 13.6 Å². The molecule has 41 heavy (non-hydrogen) atoms. The number of nitrogens with zero attached hydrogens (tertiary/aromatic N) is 6. The summed E-state index contributed by atoms with van der Waals surface area (Å²) in [5.74, 6) is -2.39. The second-order valence-electron chi connectivity index (χ2n) is 10.6. The molecule has 2 aromatic heterocycles. The molecular formula is C27H33ClF2N8O3. The van der Waals surface area contributed by atoms with E-state index in [0.29, 0.717) is 16.7 Å². The Balaban J connectivity index is 1.53. The van der Waals surface area contributed by atoms with Crippen LogP contribution in [-0.4, -0.2) is 76.1 Å². The minimum absolute atomic E-state index is 0.0246. The van der Waals surface area contributed by atoms with Gasteiger partial charge in [0.15, 0.2) is 5.82 Å². The van der Waals surface area contributed by atoms with E-state index < -0.39 is 17.0 Å². The van der Waals surface area contributed by atoms with Crippen molar-refractivity contribution in [1.82, 2.24) is 29.3 Å². The molecule has 1 amide bonds. The number of alkyl halides is 2. The van der Waals surface area contributed by atoms with E-state index >= 15 is 0 Å². The van der Waals surface area contributed by atoms with Crippen LogP contribution in [0.3, 0.4) is 0 Å². The number of hydrogen-bond donors (Lipinski definition) is 2. The molecule has 3 aromatic rings. The van der Waals surface area contributed by atoms with E-state index in [1.807, 2.05) is 7.05 Å². The molecule has 2 aliphatic heterocycles. The third-order valence-corrected chi connectivity index (χ3v) is 8.12. The summed E-state index contributed by atoms with van der Waals surface area (Å²) in [5, 5.41) is 5.92. The zero-order valence-electron chi connectivity index (χ0n) is 23.0. The number of fused-ring (bicyclic) bond motifs is 1. The van der Waals surface area contributed by atoms with Crippen LogP contribution in [0.5, 0.6) is 0 Å². The fourth-order valence-electron chi connectivity index (χ4n) is 5.40. The highest BCUT2D eigenvalue weighted by Gasteiger charge is 2.35. The number of aromatic nitrogens is 4. The molecule has 11 nitrogen and oxygen atoms in total. The molecule has 0 unspecified atom stereocenters. The highest BCUT2D eigenvalue weighted by Crippen LogP contribution is 2.32. The summed E-state index contributed by atoms with van der Waals surface area (Å²) >= 11 is 6.39. The number of anilines is 3. The maximum Gasteiger partial charge on any atom is 0.317 e. The highest BCUT2D eigenvalue weighted by molar-refractivity contribution is 6.32. The lowest BCUT2D eigenvalue weighted by atomic mass is 10.0. The molecule has 4 heterocycles. The van der Waals surface area contributed by atoms with Gasteiger partial charge in [0.05, 0.1) is 17.2 Å². The second kappa shape index (κ2) is 11.7. The second-order valence-corrected chi connectivity index (χ2v) is 11.0. The van der Waals surface area contributed by atoms with Crippen molar-refractivity contribution in [3.05, 3.63) is 50.1 Å². The number of carbonyl (C=O) groups excluding carboxylic acids is 1. The molecule has 0 saturated carbocycles. The van der Waals surface area contributed by atoms with Gasteiger partial charge in [-0.3, -0.25) is 19.0 Å². The first-order chi connectivity index (χ1) is 19.6. The van der Waals surface area contributed by atoms with Crippen molar-refractivity contribution in [1.29, 1.82) is 0 Å². The summed E-state index contributed by atoms with van der Waals surface area (Å²) in [6.45, 7) is 1.88. The summed E-state index contributed by atoms with van der Waals surface area (Å²) < 4.78 is 30.2. The Kier molecular flexibility index (Phi) is 8.28. The molecule has 2 N–H and O–H groups in total. The zero-order chi connectivity index (χ0) is 29.3. The zero-order valence-corrected chi connectivity index (χ0v) is 23.8. The number of rotatable bonds is 7. The van der Waals surface area contributed by atoms with Gasteiger partial charge in [-0.1, -0.05) is 11.6 Å². The SMILES string of the molecule is CNC(=O)CCn1c(=O)c(=O)n(C2CCN(C)CC2)c2ccc(Nc3nc(N4CCC(F)(F)CC4)ncc3Cl)cc21. The lowest BCUT2D eigenvalue weighted by Gasteiger charge is -2.31. The Hall–Kier alpha value is -3.58. The van der Waals surface area contributed by atoms with Crippen LogP contribution in [0.25, 0.3) is 11.0 Å². The number of aryl methyl sites for hydroxylation is 1. The number of benzene rings is 1. The maximum absolute atomic E-state index is 13.7. The third kappa shape index (κ3) is 6.20. The van der Waals surface area contributed by atoms with Gasteiger partial charge in [-0.15, -0.1) is 0 Å². The first kappa shape index (κ1) is 28.9. The van der Waals surface area contributed by atoms with Gasteiger partial charge in [-0.25, -0.2) is 13.8 Å². The van der Waals surface area contributed by atoms with E-state index in [0.717, 1.165) is 25.9 Å². The first-order valence-corrected chi connectivity index (χ1v) is 14.0. The molecule has 14 heteroatoms. The molecule has 0 spiro atoms. The summed E-state index contributed by atoms with van der Waals surface area (Å²) in [6, 6.07) is 5.14. The lowest BCUT2D eigenvalue weighted by Crippen LogP contribution is -2.45. The molecule has 1 aromatic carbocycles. The van der Waals surface area contributed by atoms with Gasteiger partial charge in [0.25, 0.3) is 5.92 Å². The fourth-order valence-corrected chi connectivity index (χ4v) is 5.54. The topological polar surface area (TPSA) is 117 Å². The molecule has 0 atom stereocenters. The van der Waals surface area contributed by atoms with Crippen molar-refractivity contribution in [2.45, 2.75) is 50.6 Å². The molecule has 2 saturated heterocycles. The van der Waals surface area contributed by atoms with Crippen LogP contribution >= 0.6 is 11.6 Å². The molecule has 0 bridgehead atoms. The Bertz CT molecular complexity index is 1560. The van der Waals surface area contributed by atoms with E-state index in [-0.39, 0.29) is 67.6 Å². The van der Waals surface area contributed by atoms with Gasteiger partial charge in [0.2, 0.25) is 11.9 Å². The van der Waals surface area contributed by atoms with E-state index in [4.69, 9.17) is 11.6 Å². The number of likely N-dealkylation sites (tertiary alicyclic amines) is 1. The van der Waals surface area contributed by atoms with E-state index in [9.17, 15) is 23.2 Å². The highest BCUT2D eigenvalue weighted by atomic mass is 35.5. The number of halogens is 3. The van der Waals surface area contributed by atoms with Crippen LogP contribution in [0.1, 0.15) is 38.1 Å². The average molecular weight is 591 g/mol. The van der Waals surface area contributed by atoms with Crippen LogP contribution in [0.15, 0.2) is 34.0 Å². The smallest absolute Gasteiger partial charge is 0.317 e. The average Bonchev–Trinajstić information content (AvgIpc) is 2.95. The first-order valence-electron chi connectivity index (χ1n) is 13.7. The molecule has 0 radical (unpaired) electrons. The predicted molar refractivity (Wildman–Crippen MR) is 154 cm³/mol. The monoisotopic (exact) mass is 590 g/mol. The number of carbonyl (C=O) groups is 1. The Morgan fingerprint density at radius 1 is 1.10 bits per heavy atom. The number of amides is 1. The van der Waals surface area contributed by atoms with Crippen molar-refractivity contribution >= 4 is 46.0 Å². The number of hydrogen-bond acceptors (Lipinski definition) is 8. The summed E-state index contributed by atoms with van der Waals surface area (Å²) in [6.07, 6.45) is 2.34. The lowest BCUT2D eigenvalue weighted by molar-refractivity contribution is -0.120. The Morgan fingerprint density at radius 2 is 1.80 bits per heavy atom. The largest absolute Gasteiger partial charge is 0.359 e. The van der Waals surface area contributed by atoms with Gasteiger partial charge in [0, 0.05) is 57.7 Å². The van der Waals surface area contributed by atoms with Crippen LogP contribution in [-0.2, 0) is 11.3 Å². The van der Waals surface area contributed by atoms with Crippen molar-refractivity contribution in [3.8, 4) is 0 Å². The molecule has 2 fully saturated rings. The van der Waals surface area contributed by atoms with E-state index in [1.54, 1.807) is 27.7 Å². The van der Waals surface area contributed by atoms with Gasteiger partial charge in [-0.05, 0) is 51.2 Å². The molecular weight excluding hydrogens is 558 g/mol. The van der Waals surface area contributed by atoms with Crippen LogP contribution < -0.4 is 26.7 Å². The predicted octanol–water partition coefficient (Wildman–Crippen LogP) is 2.99. The number of piperidine rings is 2. The van der Waals surface area contributed by atoms with Crippen molar-refractivity contribution in [2.75, 3.05) is 50.5 Å². The van der Waals surface area contributed by atoms with Gasteiger partial charge in [0.1, 0.15) is 5.02 Å². The maximum atomic E-state index is 13.7. The van der Waals surface area contributed by atoms with Crippen LogP contribution in [0, 0.1) is 0 Å². The standard InChI is InChI=1S/C27H33ClF2N8O3/c1-31-22(39)7-12-37-21-15-17(3-4-20(21)38(25(41)24(37)40)18-5-10-35(2)11-6-18)33-23-19(28)16-32-26(34-23)36-13-8-27(29,30)9-14-36/h3-4,15-16,18H,5-14H2,1-2H3,(H,31,39)(H,32,33,34). The fraction of sp³-hybridized carbons (Fsp3) is 0.519. The normalized spacial score (nSPS) is 18.0. The van der Waals surface area contributed by atoms with E-state index in [1.165, 1.54) is 17.8 Å². The third-order valence-electron chi connectivity index (χ3n) is 7.84. The van der Waals surface area contributed by atoms with Gasteiger partial charge < -0.3 is 25.0 Å². The van der Waals surface area contributed by atoms with Crippen molar-refractivity contribution in [2.24, 2.45) is 0 Å². The molecule has 5 rings (SSSR count). The van der Waals surface area contributed by atoms with Crippen molar-refractivity contribution in [3.63, 3.8) is 0 Å². The minimum Gasteiger partial charge on any atom is -0.359 e. The molecule has 220 valence electrons. The minimum atomic E-state index is -2.70. The quantitative estimate of drug-likeness (QED) is 0.404. The summed E-state index contributed by atoms with van der Waals surface area (Å²) in [4.78, 5) is 51.3. The summed E-state index contributed by atoms with van der Waals surface area (Å²) in [5.41, 5.74) is 0.319.